The van der Waals surface area contributed by atoms with Gasteiger partial charge >= 0.3 is 5.97 Å². The van der Waals surface area contributed by atoms with Crippen LogP contribution in [-0.2, 0) is 14.3 Å². The Morgan fingerprint density at radius 1 is 0.829 bits per heavy atom. The highest BCUT2D eigenvalue weighted by Crippen LogP contribution is 2.28. The van der Waals surface area contributed by atoms with E-state index in [1.807, 2.05) is 0 Å². The molecule has 3 aromatic carbocycles. The average Bonchev–Trinajstić information content (AvgIpc) is 3.30. The fourth-order valence-corrected chi connectivity index (χ4v) is 4.13. The molecule has 1 unspecified atom stereocenters. The van der Waals surface area contributed by atoms with Crippen LogP contribution >= 0.6 is 0 Å². The summed E-state index contributed by atoms with van der Waals surface area (Å²) < 4.78 is 20.6. The molecule has 1 saturated heterocycles. The molecular weight excluding hydrogens is 534 g/mol. The van der Waals surface area contributed by atoms with Crippen LogP contribution in [-0.4, -0.2) is 63.5 Å². The molecule has 1 heterocycles. The summed E-state index contributed by atoms with van der Waals surface area (Å²) in [4.78, 5) is 64.0. The van der Waals surface area contributed by atoms with Crippen molar-refractivity contribution in [1.82, 2.24) is 10.9 Å². The fourth-order valence-electron chi connectivity index (χ4n) is 4.13. The lowest BCUT2D eigenvalue weighted by atomic mass is 10.1. The highest BCUT2D eigenvalue weighted by molar-refractivity contribution is 6.22. The lowest BCUT2D eigenvalue weighted by molar-refractivity contribution is -0.121. The van der Waals surface area contributed by atoms with Gasteiger partial charge in [0.1, 0.15) is 11.8 Å². The molecule has 1 atom stereocenters. The Labute approximate surface area is 235 Å². The van der Waals surface area contributed by atoms with Crippen LogP contribution in [0, 0.1) is 0 Å². The maximum atomic E-state index is 12.9. The van der Waals surface area contributed by atoms with Crippen LogP contribution in [0.5, 0.6) is 17.2 Å². The Hall–Kier alpha value is -5.23. The summed E-state index contributed by atoms with van der Waals surface area (Å²) in [6, 6.07) is 15.7. The lowest BCUT2D eigenvalue weighted by Gasteiger charge is -2.16. The van der Waals surface area contributed by atoms with Crippen molar-refractivity contribution in [2.45, 2.75) is 12.5 Å². The number of methoxy groups -OCH3 is 3. The highest BCUT2D eigenvalue weighted by Gasteiger charge is 2.39. The first-order valence-corrected chi connectivity index (χ1v) is 12.4. The van der Waals surface area contributed by atoms with Gasteiger partial charge in [-0.3, -0.25) is 24.6 Å². The van der Waals surface area contributed by atoms with E-state index in [4.69, 9.17) is 18.9 Å². The van der Waals surface area contributed by atoms with Gasteiger partial charge in [-0.15, -0.1) is 0 Å². The minimum absolute atomic E-state index is 0.123. The molecule has 41 heavy (non-hydrogen) atoms. The van der Waals surface area contributed by atoms with Crippen molar-refractivity contribution in [2.24, 2.45) is 0 Å². The van der Waals surface area contributed by atoms with Crippen LogP contribution in [0.15, 0.2) is 66.7 Å². The van der Waals surface area contributed by atoms with Crippen molar-refractivity contribution < 1.29 is 42.9 Å². The zero-order valence-corrected chi connectivity index (χ0v) is 22.5. The summed E-state index contributed by atoms with van der Waals surface area (Å²) in [5, 5.41) is 0. The number of ketones is 1. The van der Waals surface area contributed by atoms with Crippen molar-refractivity contribution in [3.05, 3.63) is 83.4 Å². The average molecular weight is 562 g/mol. The molecule has 1 aliphatic rings. The number of ether oxygens (including phenoxy) is 4. The van der Waals surface area contributed by atoms with Crippen LogP contribution in [0.3, 0.4) is 0 Å². The second-order valence-electron chi connectivity index (χ2n) is 8.74. The topological polar surface area (TPSA) is 150 Å². The number of esters is 1. The van der Waals surface area contributed by atoms with Gasteiger partial charge in [0.15, 0.2) is 18.1 Å². The number of carbonyl (C=O) groups excluding carboxylic acids is 5. The Morgan fingerprint density at radius 2 is 1.49 bits per heavy atom. The normalized spacial score (nSPS) is 14.4. The van der Waals surface area contributed by atoms with E-state index >= 15 is 0 Å². The van der Waals surface area contributed by atoms with Gasteiger partial charge in [0.2, 0.25) is 11.7 Å². The molecule has 4 rings (SSSR count). The first-order valence-electron chi connectivity index (χ1n) is 12.4. The van der Waals surface area contributed by atoms with Crippen LogP contribution in [0.1, 0.15) is 37.5 Å². The van der Waals surface area contributed by atoms with Crippen molar-refractivity contribution >= 4 is 35.2 Å². The molecule has 0 spiro atoms. The standard InChI is InChI=1S/C29H27N3O9/c1-38-23-7-5-4-6-20(23)22(33)16-41-29(37)17-8-11-19(12-9-17)32-26(34)15-21(28(32)36)30-31-27(35)18-10-13-24(39-2)25(14-18)40-3/h4-14,21,30H,15-16H2,1-3H3,(H,31,35). The molecule has 212 valence electrons. The molecule has 0 radical (unpaired) electrons. The minimum atomic E-state index is -1.00. The molecule has 1 fully saturated rings. The largest absolute Gasteiger partial charge is 0.496 e. The zero-order valence-electron chi connectivity index (χ0n) is 22.5. The Balaban J connectivity index is 1.34. The van der Waals surface area contributed by atoms with Crippen LogP contribution in [0.4, 0.5) is 5.69 Å². The number of hydrazine groups is 1. The van der Waals surface area contributed by atoms with Crippen LogP contribution in [0.2, 0.25) is 0 Å². The molecule has 0 aliphatic carbocycles. The third kappa shape index (κ3) is 6.34. The van der Waals surface area contributed by atoms with E-state index in [1.165, 1.54) is 57.7 Å². The molecule has 3 amide bonds. The number of rotatable bonds is 11. The van der Waals surface area contributed by atoms with Gasteiger partial charge in [0.25, 0.3) is 11.8 Å². The second kappa shape index (κ2) is 12.7. The number of anilines is 1. The number of benzene rings is 3. The molecule has 12 nitrogen and oxygen atoms in total. The third-order valence-corrected chi connectivity index (χ3v) is 6.26. The third-order valence-electron chi connectivity index (χ3n) is 6.26. The van der Waals surface area contributed by atoms with Crippen molar-refractivity contribution in [2.75, 3.05) is 32.8 Å². The fraction of sp³-hybridized carbons (Fsp3) is 0.207. The summed E-state index contributed by atoms with van der Waals surface area (Å²) in [6.07, 6.45) is -0.195. The van der Waals surface area contributed by atoms with Gasteiger partial charge in [-0.1, -0.05) is 12.1 Å². The highest BCUT2D eigenvalue weighted by atomic mass is 16.5. The molecule has 12 heteroatoms. The zero-order chi connectivity index (χ0) is 29.5. The summed E-state index contributed by atoms with van der Waals surface area (Å²) >= 11 is 0. The maximum Gasteiger partial charge on any atom is 0.338 e. The van der Waals surface area contributed by atoms with Crippen LogP contribution < -0.4 is 30.0 Å². The van der Waals surface area contributed by atoms with E-state index in [9.17, 15) is 24.0 Å². The van der Waals surface area contributed by atoms with E-state index in [0.717, 1.165) is 4.90 Å². The number of carbonyl (C=O) groups is 5. The predicted octanol–water partition coefficient (Wildman–Crippen LogP) is 2.32. The van der Waals surface area contributed by atoms with Gasteiger partial charge < -0.3 is 18.9 Å². The maximum absolute atomic E-state index is 12.9. The SMILES string of the molecule is COc1ccc(C(=O)NNC2CC(=O)N(c3ccc(C(=O)OCC(=O)c4ccccc4OC)cc3)C2=O)cc1OC. The van der Waals surface area contributed by atoms with E-state index in [2.05, 4.69) is 10.9 Å². The minimum Gasteiger partial charge on any atom is -0.496 e. The van der Waals surface area contributed by atoms with Crippen molar-refractivity contribution in [3.63, 3.8) is 0 Å². The number of amides is 3. The van der Waals surface area contributed by atoms with Gasteiger partial charge in [-0.05, 0) is 54.6 Å². The molecule has 0 saturated carbocycles. The number of Topliss-reactive ketones (excluding diaryl/α,β-unsaturated/α-hetero) is 1. The first kappa shape index (κ1) is 28.8. The van der Waals surface area contributed by atoms with Gasteiger partial charge in [0.05, 0.1) is 44.6 Å². The van der Waals surface area contributed by atoms with Gasteiger partial charge in [-0.2, -0.15) is 0 Å². The Kier molecular flexibility index (Phi) is 8.95. The molecule has 2 N–H and O–H groups in total. The van der Waals surface area contributed by atoms with Gasteiger partial charge in [0, 0.05) is 5.56 Å². The van der Waals surface area contributed by atoms with E-state index in [0.29, 0.717) is 17.2 Å². The molecule has 3 aromatic rings. The van der Waals surface area contributed by atoms with Crippen molar-refractivity contribution in [3.8, 4) is 17.2 Å². The number of hydrogen-bond acceptors (Lipinski definition) is 10. The number of para-hydroxylation sites is 1. The quantitative estimate of drug-likeness (QED) is 0.155. The number of nitrogens with one attached hydrogen (secondary N) is 2. The van der Waals surface area contributed by atoms with Crippen molar-refractivity contribution in [1.29, 1.82) is 0 Å². The number of imide groups is 1. The van der Waals surface area contributed by atoms with Gasteiger partial charge in [-0.25, -0.2) is 15.1 Å². The number of hydrogen-bond donors (Lipinski definition) is 2. The lowest BCUT2D eigenvalue weighted by Crippen LogP contribution is -2.48. The van der Waals surface area contributed by atoms with E-state index in [1.54, 1.807) is 30.3 Å². The smallest absolute Gasteiger partial charge is 0.338 e. The molecule has 0 bridgehead atoms. The van der Waals surface area contributed by atoms with E-state index < -0.39 is 42.1 Å². The summed E-state index contributed by atoms with van der Waals surface area (Å²) in [6.45, 7) is -0.494. The number of nitrogens with zero attached hydrogens (tertiary/aromatic N) is 1. The summed E-state index contributed by atoms with van der Waals surface area (Å²) in [7, 11) is 4.35. The second-order valence-corrected chi connectivity index (χ2v) is 8.74. The predicted molar refractivity (Wildman–Crippen MR) is 145 cm³/mol. The Bertz CT molecular complexity index is 1490. The molecular formula is C29H27N3O9. The van der Waals surface area contributed by atoms with Crippen LogP contribution in [0.25, 0.3) is 0 Å². The monoisotopic (exact) mass is 561 g/mol. The van der Waals surface area contributed by atoms with E-state index in [-0.39, 0.29) is 28.8 Å². The Morgan fingerprint density at radius 3 is 2.17 bits per heavy atom. The molecule has 0 aromatic heterocycles. The first-order chi connectivity index (χ1) is 19.8. The summed E-state index contributed by atoms with van der Waals surface area (Å²) in [5.41, 5.74) is 5.93. The summed E-state index contributed by atoms with van der Waals surface area (Å²) in [5.74, 6) is -1.64. The molecule has 1 aliphatic heterocycles.